The minimum atomic E-state index is -0.00833. The third-order valence-electron chi connectivity index (χ3n) is 2.12. The molecule has 0 fully saturated rings. The van der Waals surface area contributed by atoms with Crippen molar-refractivity contribution in [2.24, 2.45) is 0 Å². The van der Waals surface area contributed by atoms with Crippen LogP contribution in [0.5, 0.6) is 0 Å². The first-order valence-electron chi connectivity index (χ1n) is 5.14. The summed E-state index contributed by atoms with van der Waals surface area (Å²) in [6, 6.07) is 1.81. The van der Waals surface area contributed by atoms with Crippen LogP contribution in [0.4, 0.5) is 11.5 Å². The summed E-state index contributed by atoms with van der Waals surface area (Å²) in [5.74, 6) is 0.767. The monoisotopic (exact) mass is 217 g/mol. The maximum Gasteiger partial charge on any atom is 0.133 e. The predicted octanol–water partition coefficient (Wildman–Crippen LogP) is 2.17. The van der Waals surface area contributed by atoms with Gasteiger partial charge in [-0.1, -0.05) is 0 Å². The van der Waals surface area contributed by atoms with Crippen LogP contribution in [0, 0.1) is 0 Å². The number of nitrogens with one attached hydrogen (secondary N) is 1. The third-order valence-corrected chi connectivity index (χ3v) is 2.12. The molecule has 0 radical (unpaired) electrons. The van der Waals surface area contributed by atoms with Gasteiger partial charge in [-0.05, 0) is 26.8 Å². The quantitative estimate of drug-likeness (QED) is 0.837. The largest absolute Gasteiger partial charge is 0.338 e. The predicted molar refractivity (Wildman–Crippen MR) is 62.5 cm³/mol. The smallest absolute Gasteiger partial charge is 0.133 e. The maximum absolute atomic E-state index is 4.29. The molecule has 2 heterocycles. The van der Waals surface area contributed by atoms with Crippen molar-refractivity contribution in [3.8, 4) is 0 Å². The van der Waals surface area contributed by atoms with E-state index in [1.807, 2.05) is 16.9 Å². The first-order valence-corrected chi connectivity index (χ1v) is 5.14. The standard InChI is InChI=1S/C11H15N5/c1-11(2,3)16-7-9(6-14-16)15-10-4-5-12-8-13-10/h4-8H,1-3H3,(H,12,13,15). The van der Waals surface area contributed by atoms with Gasteiger partial charge in [-0.3, -0.25) is 4.68 Å². The number of nitrogens with zero attached hydrogens (tertiary/aromatic N) is 4. The van der Waals surface area contributed by atoms with Crippen LogP contribution >= 0.6 is 0 Å². The molecule has 0 aliphatic rings. The zero-order valence-electron chi connectivity index (χ0n) is 9.68. The van der Waals surface area contributed by atoms with Crippen molar-refractivity contribution in [1.29, 1.82) is 0 Å². The van der Waals surface area contributed by atoms with Gasteiger partial charge in [0.2, 0.25) is 0 Å². The summed E-state index contributed by atoms with van der Waals surface area (Å²) >= 11 is 0. The van der Waals surface area contributed by atoms with Gasteiger partial charge in [0.25, 0.3) is 0 Å². The minimum absolute atomic E-state index is 0.00833. The fourth-order valence-corrected chi connectivity index (χ4v) is 1.27. The highest BCUT2D eigenvalue weighted by Crippen LogP contribution is 2.17. The van der Waals surface area contributed by atoms with Crippen molar-refractivity contribution in [1.82, 2.24) is 19.7 Å². The fraction of sp³-hybridized carbons (Fsp3) is 0.364. The van der Waals surface area contributed by atoms with Gasteiger partial charge in [-0.15, -0.1) is 0 Å². The van der Waals surface area contributed by atoms with Gasteiger partial charge in [-0.2, -0.15) is 5.10 Å². The summed E-state index contributed by atoms with van der Waals surface area (Å²) in [7, 11) is 0. The lowest BCUT2D eigenvalue weighted by atomic mass is 10.1. The molecule has 0 unspecified atom stereocenters. The van der Waals surface area contributed by atoms with E-state index < -0.39 is 0 Å². The highest BCUT2D eigenvalue weighted by molar-refractivity contribution is 5.53. The Kier molecular flexibility index (Phi) is 2.60. The molecular weight excluding hydrogens is 202 g/mol. The molecule has 0 saturated carbocycles. The van der Waals surface area contributed by atoms with E-state index in [4.69, 9.17) is 0 Å². The molecule has 2 rings (SSSR count). The Balaban J connectivity index is 2.15. The molecule has 0 atom stereocenters. The van der Waals surface area contributed by atoms with E-state index in [2.05, 4.69) is 41.2 Å². The Hall–Kier alpha value is -1.91. The van der Waals surface area contributed by atoms with Crippen LogP contribution in [0.3, 0.4) is 0 Å². The Bertz CT molecular complexity index is 455. The fourth-order valence-electron chi connectivity index (χ4n) is 1.27. The number of hydrogen-bond donors (Lipinski definition) is 1. The highest BCUT2D eigenvalue weighted by Gasteiger charge is 2.13. The lowest BCUT2D eigenvalue weighted by Crippen LogP contribution is -2.21. The van der Waals surface area contributed by atoms with Gasteiger partial charge in [0.1, 0.15) is 12.1 Å². The number of rotatable bonds is 2. The van der Waals surface area contributed by atoms with E-state index in [1.165, 1.54) is 6.33 Å². The summed E-state index contributed by atoms with van der Waals surface area (Å²) < 4.78 is 1.91. The van der Waals surface area contributed by atoms with Crippen molar-refractivity contribution < 1.29 is 0 Å². The molecule has 0 spiro atoms. The Labute approximate surface area is 94.5 Å². The van der Waals surface area contributed by atoms with Crippen molar-refractivity contribution in [3.05, 3.63) is 31.0 Å². The van der Waals surface area contributed by atoms with E-state index in [-0.39, 0.29) is 5.54 Å². The second-order valence-corrected chi connectivity index (χ2v) is 4.56. The van der Waals surface area contributed by atoms with Gasteiger partial charge in [0.15, 0.2) is 0 Å². The van der Waals surface area contributed by atoms with Crippen LogP contribution in [0.2, 0.25) is 0 Å². The maximum atomic E-state index is 4.29. The van der Waals surface area contributed by atoms with Gasteiger partial charge >= 0.3 is 0 Å². The van der Waals surface area contributed by atoms with Gasteiger partial charge in [0, 0.05) is 12.4 Å². The van der Waals surface area contributed by atoms with Crippen LogP contribution in [0.15, 0.2) is 31.0 Å². The minimum Gasteiger partial charge on any atom is -0.338 e. The van der Waals surface area contributed by atoms with Crippen LogP contribution in [-0.2, 0) is 5.54 Å². The van der Waals surface area contributed by atoms with Gasteiger partial charge in [0.05, 0.1) is 17.4 Å². The summed E-state index contributed by atoms with van der Waals surface area (Å²) in [4.78, 5) is 7.95. The second-order valence-electron chi connectivity index (χ2n) is 4.56. The third kappa shape index (κ3) is 2.36. The molecule has 5 heteroatoms. The second kappa shape index (κ2) is 3.92. The Morgan fingerprint density at radius 1 is 1.31 bits per heavy atom. The Morgan fingerprint density at radius 2 is 2.12 bits per heavy atom. The number of aromatic nitrogens is 4. The van der Waals surface area contributed by atoms with Crippen molar-refractivity contribution in [3.63, 3.8) is 0 Å². The van der Waals surface area contributed by atoms with E-state index in [0.29, 0.717) is 0 Å². The molecule has 5 nitrogen and oxygen atoms in total. The average Bonchev–Trinajstić information content (AvgIpc) is 2.67. The van der Waals surface area contributed by atoms with E-state index in [1.54, 1.807) is 12.4 Å². The molecule has 0 aliphatic heterocycles. The molecule has 0 aliphatic carbocycles. The molecule has 1 N–H and O–H groups in total. The van der Waals surface area contributed by atoms with Crippen LogP contribution < -0.4 is 5.32 Å². The number of anilines is 2. The Morgan fingerprint density at radius 3 is 2.69 bits per heavy atom. The lowest BCUT2D eigenvalue weighted by Gasteiger charge is -2.18. The molecule has 0 amide bonds. The zero-order chi connectivity index (χ0) is 11.6. The van der Waals surface area contributed by atoms with E-state index in [9.17, 15) is 0 Å². The molecule has 0 aromatic carbocycles. The van der Waals surface area contributed by atoms with E-state index in [0.717, 1.165) is 11.5 Å². The highest BCUT2D eigenvalue weighted by atomic mass is 15.3. The zero-order valence-corrected chi connectivity index (χ0v) is 9.68. The molecular formula is C11H15N5. The topological polar surface area (TPSA) is 55.6 Å². The SMILES string of the molecule is CC(C)(C)n1cc(Nc2ccncn2)cn1. The summed E-state index contributed by atoms with van der Waals surface area (Å²) in [5, 5.41) is 7.46. The lowest BCUT2D eigenvalue weighted by molar-refractivity contribution is 0.355. The normalized spacial score (nSPS) is 11.4. The van der Waals surface area contributed by atoms with Crippen molar-refractivity contribution in [2.75, 3.05) is 5.32 Å². The molecule has 0 saturated heterocycles. The first-order chi connectivity index (χ1) is 7.55. The van der Waals surface area contributed by atoms with Gasteiger partial charge < -0.3 is 5.32 Å². The molecule has 2 aromatic heterocycles. The van der Waals surface area contributed by atoms with Gasteiger partial charge in [-0.25, -0.2) is 9.97 Å². The van der Waals surface area contributed by atoms with Crippen LogP contribution in [-0.4, -0.2) is 19.7 Å². The molecule has 2 aromatic rings. The summed E-state index contributed by atoms with van der Waals surface area (Å²) in [6.45, 7) is 6.32. The summed E-state index contributed by atoms with van der Waals surface area (Å²) in [6.07, 6.45) is 6.95. The van der Waals surface area contributed by atoms with Crippen LogP contribution in [0.1, 0.15) is 20.8 Å². The summed E-state index contributed by atoms with van der Waals surface area (Å²) in [5.41, 5.74) is 0.916. The van der Waals surface area contributed by atoms with Crippen molar-refractivity contribution >= 4 is 11.5 Å². The van der Waals surface area contributed by atoms with Crippen LogP contribution in [0.25, 0.3) is 0 Å². The molecule has 16 heavy (non-hydrogen) atoms. The number of hydrogen-bond acceptors (Lipinski definition) is 4. The molecule has 0 bridgehead atoms. The van der Waals surface area contributed by atoms with E-state index >= 15 is 0 Å². The average molecular weight is 217 g/mol. The first kappa shape index (κ1) is 10.6. The van der Waals surface area contributed by atoms with Crippen molar-refractivity contribution in [2.45, 2.75) is 26.3 Å². The molecule has 84 valence electrons.